The zero-order chi connectivity index (χ0) is 17.5. The number of hydrogen-bond acceptors (Lipinski definition) is 4. The number of carbonyl (C=O) groups is 1. The van der Waals surface area contributed by atoms with Gasteiger partial charge in [0.2, 0.25) is 0 Å². The topological polar surface area (TPSA) is 48.0 Å². The van der Waals surface area contributed by atoms with Crippen LogP contribution in [0.1, 0.15) is 10.4 Å². The summed E-state index contributed by atoms with van der Waals surface area (Å²) in [6, 6.07) is 11.1. The van der Waals surface area contributed by atoms with E-state index in [2.05, 4.69) is 0 Å². The molecule has 128 valence electrons. The molecule has 0 bridgehead atoms. The van der Waals surface area contributed by atoms with Crippen molar-refractivity contribution in [3.05, 3.63) is 53.8 Å². The summed E-state index contributed by atoms with van der Waals surface area (Å²) >= 11 is 0. The monoisotopic (exact) mass is 333 g/mol. The molecule has 0 heterocycles. The third kappa shape index (κ3) is 4.38. The van der Waals surface area contributed by atoms with Gasteiger partial charge >= 0.3 is 0 Å². The van der Waals surface area contributed by atoms with Crippen LogP contribution in [-0.4, -0.2) is 45.2 Å². The maximum atomic E-state index is 13.5. The Labute approximate surface area is 140 Å². The van der Waals surface area contributed by atoms with Gasteiger partial charge < -0.3 is 19.1 Å². The van der Waals surface area contributed by atoms with Crippen LogP contribution in [0.25, 0.3) is 0 Å². The molecule has 0 atom stereocenters. The Morgan fingerprint density at radius 1 is 1.08 bits per heavy atom. The number of ether oxygens (including phenoxy) is 3. The van der Waals surface area contributed by atoms with Gasteiger partial charge in [-0.05, 0) is 24.3 Å². The first-order valence-corrected chi connectivity index (χ1v) is 7.41. The van der Waals surface area contributed by atoms with Crippen LogP contribution in [0.4, 0.5) is 4.39 Å². The summed E-state index contributed by atoms with van der Waals surface area (Å²) in [5.74, 6) is 0.608. The lowest BCUT2D eigenvalue weighted by Crippen LogP contribution is -2.31. The van der Waals surface area contributed by atoms with Crippen LogP contribution >= 0.6 is 0 Å². The molecule has 5 nitrogen and oxygen atoms in total. The van der Waals surface area contributed by atoms with Crippen LogP contribution in [0, 0.1) is 5.82 Å². The molecule has 0 fully saturated rings. The largest absolute Gasteiger partial charge is 0.497 e. The van der Waals surface area contributed by atoms with Crippen LogP contribution in [0.15, 0.2) is 42.5 Å². The predicted molar refractivity (Wildman–Crippen MR) is 88.4 cm³/mol. The van der Waals surface area contributed by atoms with Gasteiger partial charge in [-0.3, -0.25) is 4.79 Å². The lowest BCUT2D eigenvalue weighted by Gasteiger charge is -2.18. The van der Waals surface area contributed by atoms with Gasteiger partial charge in [0.25, 0.3) is 5.91 Å². The highest BCUT2D eigenvalue weighted by molar-refractivity contribution is 5.95. The van der Waals surface area contributed by atoms with E-state index >= 15 is 0 Å². The van der Waals surface area contributed by atoms with Crippen LogP contribution in [0.2, 0.25) is 0 Å². The minimum Gasteiger partial charge on any atom is -0.497 e. The molecule has 0 aliphatic rings. The standard InChI is InChI=1S/C18H20FNO4/c1-20(8-9-24-17-7-5-4-6-16(17)19)18(21)13-10-14(22-2)12-15(11-13)23-3/h4-7,10-12H,8-9H2,1-3H3. The van der Waals surface area contributed by atoms with E-state index in [0.717, 1.165) is 0 Å². The highest BCUT2D eigenvalue weighted by atomic mass is 19.1. The molecule has 0 spiro atoms. The highest BCUT2D eigenvalue weighted by Gasteiger charge is 2.14. The minimum atomic E-state index is -0.427. The van der Waals surface area contributed by atoms with Gasteiger partial charge in [-0.15, -0.1) is 0 Å². The summed E-state index contributed by atoms with van der Waals surface area (Å²) in [6.45, 7) is 0.497. The summed E-state index contributed by atoms with van der Waals surface area (Å²) < 4.78 is 29.2. The van der Waals surface area contributed by atoms with Gasteiger partial charge in [0.05, 0.1) is 20.8 Å². The molecule has 0 saturated heterocycles. The molecule has 0 saturated carbocycles. The van der Waals surface area contributed by atoms with Gasteiger partial charge in [-0.2, -0.15) is 0 Å². The maximum Gasteiger partial charge on any atom is 0.253 e. The average Bonchev–Trinajstić information content (AvgIpc) is 2.62. The number of halogens is 1. The smallest absolute Gasteiger partial charge is 0.253 e. The summed E-state index contributed by atoms with van der Waals surface area (Å²) in [5.41, 5.74) is 0.444. The molecule has 0 N–H and O–H groups in total. The van der Waals surface area contributed by atoms with E-state index in [4.69, 9.17) is 14.2 Å². The van der Waals surface area contributed by atoms with Crippen molar-refractivity contribution in [2.24, 2.45) is 0 Å². The number of para-hydroxylation sites is 1. The fraction of sp³-hybridized carbons (Fsp3) is 0.278. The van der Waals surface area contributed by atoms with Gasteiger partial charge in [-0.25, -0.2) is 4.39 Å². The van der Waals surface area contributed by atoms with Gasteiger partial charge in [0.15, 0.2) is 11.6 Å². The third-order valence-electron chi connectivity index (χ3n) is 3.47. The normalized spacial score (nSPS) is 10.2. The lowest BCUT2D eigenvalue weighted by molar-refractivity contribution is 0.0772. The molecule has 0 aliphatic heterocycles. The molecule has 0 aromatic heterocycles. The first-order chi connectivity index (χ1) is 11.5. The number of hydrogen-bond donors (Lipinski definition) is 0. The van der Waals surface area contributed by atoms with Gasteiger partial charge in [0, 0.05) is 18.7 Å². The van der Waals surface area contributed by atoms with E-state index < -0.39 is 5.82 Å². The molecule has 0 unspecified atom stereocenters. The van der Waals surface area contributed by atoms with Crippen molar-refractivity contribution < 1.29 is 23.4 Å². The van der Waals surface area contributed by atoms with Crippen LogP contribution in [0.5, 0.6) is 17.2 Å². The van der Waals surface area contributed by atoms with E-state index in [1.165, 1.54) is 25.2 Å². The SMILES string of the molecule is COc1cc(OC)cc(C(=O)N(C)CCOc2ccccc2F)c1. The Hall–Kier alpha value is -2.76. The molecule has 2 rings (SSSR count). The Morgan fingerprint density at radius 3 is 2.29 bits per heavy atom. The van der Waals surface area contributed by atoms with Crippen LogP contribution in [0.3, 0.4) is 0 Å². The van der Waals surface area contributed by atoms with Gasteiger partial charge in [0.1, 0.15) is 18.1 Å². The second-order valence-corrected chi connectivity index (χ2v) is 5.11. The Bertz CT molecular complexity index is 683. The molecule has 1 amide bonds. The molecule has 0 radical (unpaired) electrons. The number of rotatable bonds is 7. The van der Waals surface area contributed by atoms with Crippen molar-refractivity contribution in [3.8, 4) is 17.2 Å². The highest BCUT2D eigenvalue weighted by Crippen LogP contribution is 2.23. The van der Waals surface area contributed by atoms with E-state index in [1.54, 1.807) is 43.4 Å². The van der Waals surface area contributed by atoms with E-state index in [1.807, 2.05) is 0 Å². The fourth-order valence-corrected chi connectivity index (χ4v) is 2.11. The molecule has 6 heteroatoms. The molecule has 24 heavy (non-hydrogen) atoms. The Balaban J connectivity index is 1.98. The zero-order valence-electron chi connectivity index (χ0n) is 13.9. The third-order valence-corrected chi connectivity index (χ3v) is 3.47. The molecular weight excluding hydrogens is 313 g/mol. The first-order valence-electron chi connectivity index (χ1n) is 7.41. The number of amides is 1. The van der Waals surface area contributed by atoms with E-state index in [-0.39, 0.29) is 18.3 Å². The first kappa shape index (κ1) is 17.6. The Kier molecular flexibility index (Phi) is 6.01. The number of nitrogens with zero attached hydrogens (tertiary/aromatic N) is 1. The second-order valence-electron chi connectivity index (χ2n) is 5.11. The quantitative estimate of drug-likeness (QED) is 0.781. The molecule has 2 aromatic rings. The van der Waals surface area contributed by atoms with Crippen molar-refractivity contribution in [1.82, 2.24) is 4.90 Å². The van der Waals surface area contributed by atoms with Crippen molar-refractivity contribution >= 4 is 5.91 Å². The summed E-state index contributed by atoms with van der Waals surface area (Å²) in [7, 11) is 4.70. The van der Waals surface area contributed by atoms with Crippen LogP contribution < -0.4 is 14.2 Å². The number of methoxy groups -OCH3 is 2. The molecular formula is C18H20FNO4. The van der Waals surface area contributed by atoms with Crippen LogP contribution in [-0.2, 0) is 0 Å². The van der Waals surface area contributed by atoms with E-state index in [0.29, 0.717) is 23.6 Å². The summed E-state index contributed by atoms with van der Waals surface area (Å²) in [6.07, 6.45) is 0. The average molecular weight is 333 g/mol. The van der Waals surface area contributed by atoms with Crippen molar-refractivity contribution in [2.45, 2.75) is 0 Å². The number of benzene rings is 2. The van der Waals surface area contributed by atoms with Gasteiger partial charge in [-0.1, -0.05) is 12.1 Å². The predicted octanol–water partition coefficient (Wildman–Crippen LogP) is 2.99. The van der Waals surface area contributed by atoms with Crippen molar-refractivity contribution in [2.75, 3.05) is 34.4 Å². The second kappa shape index (κ2) is 8.19. The van der Waals surface area contributed by atoms with E-state index in [9.17, 15) is 9.18 Å². The lowest BCUT2D eigenvalue weighted by atomic mass is 10.1. The summed E-state index contributed by atoms with van der Waals surface area (Å²) in [4.78, 5) is 14.0. The fourth-order valence-electron chi connectivity index (χ4n) is 2.11. The maximum absolute atomic E-state index is 13.5. The van der Waals surface area contributed by atoms with Crippen molar-refractivity contribution in [1.29, 1.82) is 0 Å². The molecule has 0 aliphatic carbocycles. The molecule has 2 aromatic carbocycles. The zero-order valence-corrected chi connectivity index (χ0v) is 13.9. The summed E-state index contributed by atoms with van der Waals surface area (Å²) in [5, 5.41) is 0. The minimum absolute atomic E-state index is 0.168. The van der Waals surface area contributed by atoms with Crippen molar-refractivity contribution in [3.63, 3.8) is 0 Å². The number of likely N-dealkylation sites (N-methyl/N-ethyl adjacent to an activating group) is 1. The number of carbonyl (C=O) groups excluding carboxylic acids is 1. The Morgan fingerprint density at radius 2 is 1.71 bits per heavy atom.